The van der Waals surface area contributed by atoms with Gasteiger partial charge in [0.15, 0.2) is 5.96 Å². The highest BCUT2D eigenvalue weighted by molar-refractivity contribution is 14.0. The fourth-order valence-electron chi connectivity index (χ4n) is 2.57. The van der Waals surface area contributed by atoms with Gasteiger partial charge in [-0.1, -0.05) is 18.2 Å². The lowest BCUT2D eigenvalue weighted by atomic mass is 10.1. The highest BCUT2D eigenvalue weighted by Gasteiger charge is 2.02. The third-order valence-electron chi connectivity index (χ3n) is 4.02. The lowest BCUT2D eigenvalue weighted by Gasteiger charge is -2.12. The van der Waals surface area contributed by atoms with Crippen molar-refractivity contribution in [3.05, 3.63) is 77.8 Å². The van der Waals surface area contributed by atoms with Gasteiger partial charge in [-0.25, -0.2) is 19.4 Å². The summed E-state index contributed by atoms with van der Waals surface area (Å²) in [4.78, 5) is 13.0. The summed E-state index contributed by atoms with van der Waals surface area (Å²) in [5.41, 5.74) is 2.65. The Hall–Kier alpha value is -2.49. The summed E-state index contributed by atoms with van der Waals surface area (Å²) < 4.78 is 15.2. The second kappa shape index (κ2) is 10.7. The summed E-state index contributed by atoms with van der Waals surface area (Å²) in [6.45, 7) is 5.62. The number of guanidine groups is 1. The van der Waals surface area contributed by atoms with E-state index in [0.717, 1.165) is 23.5 Å². The first kappa shape index (κ1) is 21.8. The maximum atomic E-state index is 13.4. The van der Waals surface area contributed by atoms with Crippen molar-refractivity contribution in [2.75, 3.05) is 6.54 Å². The number of aliphatic imine (C=N–C) groups is 1. The van der Waals surface area contributed by atoms with E-state index in [1.54, 1.807) is 25.5 Å². The second-order valence-electron chi connectivity index (χ2n) is 6.13. The van der Waals surface area contributed by atoms with Crippen LogP contribution < -0.4 is 10.6 Å². The Morgan fingerprint density at radius 1 is 1.18 bits per heavy atom. The summed E-state index contributed by atoms with van der Waals surface area (Å²) in [7, 11) is 0. The Labute approximate surface area is 181 Å². The predicted octanol–water partition coefficient (Wildman–Crippen LogP) is 3.59. The maximum absolute atomic E-state index is 13.4. The van der Waals surface area contributed by atoms with E-state index in [1.165, 1.54) is 6.07 Å². The van der Waals surface area contributed by atoms with E-state index in [9.17, 15) is 4.39 Å². The molecule has 0 radical (unpaired) electrons. The number of pyridine rings is 1. The minimum atomic E-state index is -0.189. The van der Waals surface area contributed by atoms with Crippen LogP contribution in [0.15, 0.2) is 60.2 Å². The van der Waals surface area contributed by atoms with Crippen LogP contribution in [0, 0.1) is 12.7 Å². The monoisotopic (exact) mass is 494 g/mol. The van der Waals surface area contributed by atoms with E-state index < -0.39 is 0 Å². The minimum Gasteiger partial charge on any atom is -0.357 e. The molecule has 6 nitrogen and oxygen atoms in total. The van der Waals surface area contributed by atoms with Crippen LogP contribution in [0.25, 0.3) is 5.82 Å². The first-order valence-electron chi connectivity index (χ1n) is 8.86. The summed E-state index contributed by atoms with van der Waals surface area (Å²) in [5.74, 6) is 1.33. The first-order valence-corrected chi connectivity index (χ1v) is 8.86. The van der Waals surface area contributed by atoms with Crippen molar-refractivity contribution in [3.8, 4) is 5.82 Å². The van der Waals surface area contributed by atoms with Gasteiger partial charge in [-0.2, -0.15) is 0 Å². The molecule has 0 spiro atoms. The summed E-state index contributed by atoms with van der Waals surface area (Å²) in [6, 6.07) is 9.04. The summed E-state index contributed by atoms with van der Waals surface area (Å²) in [5, 5.41) is 6.49. The van der Waals surface area contributed by atoms with Gasteiger partial charge in [-0.15, -0.1) is 24.0 Å². The highest BCUT2D eigenvalue weighted by Crippen LogP contribution is 2.09. The van der Waals surface area contributed by atoms with Crippen molar-refractivity contribution in [1.29, 1.82) is 0 Å². The minimum absolute atomic E-state index is 0. The van der Waals surface area contributed by atoms with Crippen molar-refractivity contribution in [3.63, 3.8) is 0 Å². The van der Waals surface area contributed by atoms with Gasteiger partial charge in [0.25, 0.3) is 0 Å². The molecule has 0 saturated heterocycles. The molecule has 3 rings (SSSR count). The third-order valence-corrected chi connectivity index (χ3v) is 4.02. The number of benzene rings is 1. The zero-order valence-corrected chi connectivity index (χ0v) is 18.2. The Morgan fingerprint density at radius 2 is 2.00 bits per heavy atom. The van der Waals surface area contributed by atoms with E-state index in [0.29, 0.717) is 24.6 Å². The van der Waals surface area contributed by atoms with Crippen LogP contribution in [0.4, 0.5) is 4.39 Å². The van der Waals surface area contributed by atoms with Gasteiger partial charge < -0.3 is 10.6 Å². The van der Waals surface area contributed by atoms with Gasteiger partial charge in [0.05, 0.1) is 6.54 Å². The number of nitrogens with one attached hydrogen (secondary N) is 2. The zero-order chi connectivity index (χ0) is 19.1. The van der Waals surface area contributed by atoms with Gasteiger partial charge in [0.2, 0.25) is 0 Å². The molecule has 0 aliphatic rings. The average Bonchev–Trinajstić information content (AvgIpc) is 3.22. The van der Waals surface area contributed by atoms with E-state index in [4.69, 9.17) is 0 Å². The number of aryl methyl sites for hydroxylation is 1. The van der Waals surface area contributed by atoms with Crippen LogP contribution >= 0.6 is 24.0 Å². The smallest absolute Gasteiger partial charge is 0.191 e. The molecule has 0 amide bonds. The van der Waals surface area contributed by atoms with Crippen LogP contribution in [-0.2, 0) is 13.1 Å². The van der Waals surface area contributed by atoms with Crippen LogP contribution in [0.2, 0.25) is 0 Å². The molecule has 3 aromatic rings. The van der Waals surface area contributed by atoms with Gasteiger partial charge >= 0.3 is 0 Å². The molecule has 0 aliphatic carbocycles. The van der Waals surface area contributed by atoms with Gasteiger partial charge in [-0.3, -0.25) is 4.57 Å². The number of rotatable bonds is 6. The average molecular weight is 494 g/mol. The highest BCUT2D eigenvalue weighted by atomic mass is 127. The molecule has 8 heteroatoms. The first-order chi connectivity index (χ1) is 13.2. The predicted molar refractivity (Wildman–Crippen MR) is 120 cm³/mol. The lowest BCUT2D eigenvalue weighted by Crippen LogP contribution is -2.36. The fourth-order valence-corrected chi connectivity index (χ4v) is 2.57. The summed E-state index contributed by atoms with van der Waals surface area (Å²) >= 11 is 0. The van der Waals surface area contributed by atoms with Gasteiger partial charge in [0.1, 0.15) is 18.0 Å². The standard InChI is InChI=1S/C20H23FN6.HI/c1-3-23-20(25-11-16-4-6-18(21)15(2)10-16)26-13-17-5-7-19(24-12-17)27-9-8-22-14-27;/h4-10,12,14H,3,11,13H2,1-2H3,(H2,23,25,26);1H. The SMILES string of the molecule is CCNC(=NCc1ccc(-n2ccnc2)nc1)NCc1ccc(F)c(C)c1.I. The molecule has 0 bridgehead atoms. The third kappa shape index (κ3) is 6.01. The summed E-state index contributed by atoms with van der Waals surface area (Å²) in [6.07, 6.45) is 7.09. The van der Waals surface area contributed by atoms with Gasteiger partial charge in [-0.05, 0) is 42.7 Å². The Bertz CT molecular complexity index is 894. The van der Waals surface area contributed by atoms with Crippen LogP contribution in [0.5, 0.6) is 0 Å². The molecule has 0 unspecified atom stereocenters. The molecule has 148 valence electrons. The van der Waals surface area contributed by atoms with Crippen molar-refractivity contribution < 1.29 is 4.39 Å². The van der Waals surface area contributed by atoms with Crippen molar-refractivity contribution in [1.82, 2.24) is 25.2 Å². The van der Waals surface area contributed by atoms with E-state index in [-0.39, 0.29) is 29.8 Å². The van der Waals surface area contributed by atoms with Crippen molar-refractivity contribution >= 4 is 29.9 Å². The molecule has 2 heterocycles. The normalized spacial score (nSPS) is 11.0. The van der Waals surface area contributed by atoms with E-state index >= 15 is 0 Å². The Kier molecular flexibility index (Phi) is 8.37. The molecule has 0 aliphatic heterocycles. The molecule has 0 fully saturated rings. The number of hydrogen-bond acceptors (Lipinski definition) is 3. The molecule has 2 N–H and O–H groups in total. The number of halogens is 2. The van der Waals surface area contributed by atoms with E-state index in [1.807, 2.05) is 42.1 Å². The maximum Gasteiger partial charge on any atom is 0.191 e. The van der Waals surface area contributed by atoms with Crippen molar-refractivity contribution in [2.24, 2.45) is 4.99 Å². The van der Waals surface area contributed by atoms with Crippen molar-refractivity contribution in [2.45, 2.75) is 26.9 Å². The van der Waals surface area contributed by atoms with Crippen LogP contribution in [-0.4, -0.2) is 27.0 Å². The zero-order valence-electron chi connectivity index (χ0n) is 15.9. The number of aromatic nitrogens is 3. The number of hydrogen-bond donors (Lipinski definition) is 2. The Balaban J connectivity index is 0.00000280. The molecular formula is C20H24FIN6. The number of nitrogens with zero attached hydrogens (tertiary/aromatic N) is 4. The molecule has 0 atom stereocenters. The molecule has 0 saturated carbocycles. The molecule has 1 aromatic carbocycles. The molecular weight excluding hydrogens is 470 g/mol. The lowest BCUT2D eigenvalue weighted by molar-refractivity contribution is 0.617. The Morgan fingerprint density at radius 3 is 2.64 bits per heavy atom. The second-order valence-corrected chi connectivity index (χ2v) is 6.13. The van der Waals surface area contributed by atoms with Crippen LogP contribution in [0.1, 0.15) is 23.6 Å². The van der Waals surface area contributed by atoms with E-state index in [2.05, 4.69) is 25.6 Å². The number of imidazole rings is 1. The fraction of sp³-hybridized carbons (Fsp3) is 0.250. The largest absolute Gasteiger partial charge is 0.357 e. The molecule has 2 aromatic heterocycles. The topological polar surface area (TPSA) is 67.1 Å². The van der Waals surface area contributed by atoms with Crippen LogP contribution in [0.3, 0.4) is 0 Å². The quantitative estimate of drug-likeness (QED) is 0.313. The van der Waals surface area contributed by atoms with Gasteiger partial charge in [0, 0.05) is 31.7 Å². The molecule has 28 heavy (non-hydrogen) atoms.